The highest BCUT2D eigenvalue weighted by atomic mass is 35.5. The molecule has 534 valence electrons. The molecule has 1 fully saturated rings. The number of halogens is 3. The summed E-state index contributed by atoms with van der Waals surface area (Å²) in [6, 6.07) is 31.7. The number of hydrogen-bond acceptors (Lipinski definition) is 14. The van der Waals surface area contributed by atoms with E-state index < -0.39 is 55.7 Å². The van der Waals surface area contributed by atoms with Gasteiger partial charge in [-0.25, -0.2) is 18.8 Å². The molecular formula is C79H85Cl3N6O12PS+. The fraction of sp³-hybridized carbons (Fsp3) is 0.418. The van der Waals surface area contributed by atoms with E-state index in [0.717, 1.165) is 146 Å². The van der Waals surface area contributed by atoms with Gasteiger partial charge in [-0.1, -0.05) is 108 Å². The Balaban J connectivity index is 0.792. The zero-order chi connectivity index (χ0) is 71.5. The number of thioether (sulfide) groups is 1. The molecule has 1 saturated heterocycles. The number of aromatic amines is 1. The van der Waals surface area contributed by atoms with E-state index >= 15 is 0 Å². The predicted molar refractivity (Wildman–Crippen MR) is 399 cm³/mol. The summed E-state index contributed by atoms with van der Waals surface area (Å²) in [4.78, 5) is 58.5. The number of carbonyl (C=O) groups is 2. The number of amides is 1. The first-order valence-electron chi connectivity index (χ1n) is 35.3. The Labute approximate surface area is 614 Å². The van der Waals surface area contributed by atoms with E-state index in [1.54, 1.807) is 20.3 Å². The second kappa shape index (κ2) is 32.0. The molecule has 1 aromatic heterocycles. The SMILES string of the molecule is COc1ccc(C(OCC2OC(n3cc(C=CCNC(=O)CSc4c(Cl)c(Cl)c(C(=O)O)c(C5=c6cc7c8c(c6Oc6c5cc5c9c6CCCC9CCCC5)CCC[N+]=8CCCC7)c4Cl)c(=O)[nH]c3=O)CC2OP(OCCC#N)N(C(C)C)C(C)C)(c2ccccc2)c2ccc(OC)cc2)cc1. The van der Waals surface area contributed by atoms with Gasteiger partial charge >= 0.3 is 11.7 Å². The third-order valence-corrected chi connectivity index (χ3v) is 25.1. The molecular weight excluding hydrogens is 1390 g/mol. The summed E-state index contributed by atoms with van der Waals surface area (Å²) in [6.45, 7) is 10.1. The van der Waals surface area contributed by atoms with Crippen LogP contribution in [0, 0.1) is 11.3 Å². The Hall–Kier alpha value is -7.31. The van der Waals surface area contributed by atoms with Crippen LogP contribution >= 0.6 is 55.1 Å². The lowest BCUT2D eigenvalue weighted by Gasteiger charge is -2.39. The Kier molecular flexibility index (Phi) is 22.9. The number of benzene rings is 6. The Bertz CT molecular complexity index is 4620. The minimum atomic E-state index is -1.83. The van der Waals surface area contributed by atoms with Gasteiger partial charge in [0.15, 0.2) is 0 Å². The molecule has 5 heterocycles. The van der Waals surface area contributed by atoms with Crippen LogP contribution in [-0.4, -0.2) is 108 Å². The normalized spacial score (nSPS) is 18.8. The van der Waals surface area contributed by atoms with Crippen molar-refractivity contribution in [1.29, 1.82) is 5.26 Å². The van der Waals surface area contributed by atoms with Gasteiger partial charge in [0.1, 0.15) is 54.0 Å². The van der Waals surface area contributed by atoms with E-state index in [0.29, 0.717) is 23.0 Å². The second-order valence-electron chi connectivity index (χ2n) is 27.3. The first-order valence-corrected chi connectivity index (χ1v) is 38.6. The maximum Gasteiger partial charge on any atom is 0.337 e. The molecule has 1 amide bonds. The Morgan fingerprint density at radius 3 is 2.22 bits per heavy atom. The first kappa shape index (κ1) is 73.0. The summed E-state index contributed by atoms with van der Waals surface area (Å²) < 4.78 is 52.4. The van der Waals surface area contributed by atoms with Crippen LogP contribution in [0.15, 0.2) is 118 Å². The zero-order valence-electron chi connectivity index (χ0n) is 58.2. The van der Waals surface area contributed by atoms with Gasteiger partial charge in [0.25, 0.3) is 14.1 Å². The van der Waals surface area contributed by atoms with Crippen LogP contribution in [0.4, 0.5) is 0 Å². The highest BCUT2D eigenvalue weighted by Crippen LogP contribution is 2.55. The number of H-pyrrole nitrogens is 1. The van der Waals surface area contributed by atoms with Crippen LogP contribution in [0.5, 0.6) is 23.0 Å². The van der Waals surface area contributed by atoms with Gasteiger partial charge in [0.05, 0.1) is 83.5 Å². The fourth-order valence-corrected chi connectivity index (χ4v) is 19.7. The molecule has 0 spiro atoms. The van der Waals surface area contributed by atoms with Gasteiger partial charge in [-0.15, -0.1) is 11.8 Å². The van der Waals surface area contributed by atoms with Crippen LogP contribution in [-0.2, 0) is 54.6 Å². The molecule has 6 aliphatic rings. The zero-order valence-corrected chi connectivity index (χ0v) is 62.2. The lowest BCUT2D eigenvalue weighted by Crippen LogP contribution is -2.41. The molecule has 0 radical (unpaired) electrons. The number of carboxylic acid groups (broad SMARTS) is 1. The van der Waals surface area contributed by atoms with Gasteiger partial charge in [-0.2, -0.15) is 5.26 Å². The average Bonchev–Trinajstić information content (AvgIpc) is 0.826. The first-order chi connectivity index (χ1) is 49.4. The topological polar surface area (TPSA) is 216 Å². The van der Waals surface area contributed by atoms with Gasteiger partial charge in [0.2, 0.25) is 11.3 Å². The van der Waals surface area contributed by atoms with Gasteiger partial charge in [-0.3, -0.25) is 19.1 Å². The molecule has 7 aromatic rings. The van der Waals surface area contributed by atoms with Crippen LogP contribution in [0.3, 0.4) is 0 Å². The third-order valence-electron chi connectivity index (χ3n) is 20.4. The number of hydrogen-bond donors (Lipinski definition) is 3. The number of methoxy groups -OCH3 is 2. The van der Waals surface area contributed by atoms with Crippen molar-refractivity contribution in [3.63, 3.8) is 0 Å². The standard InChI is InChI=1S/C79H84Cl3N6O12PS/c1-46(2)88(47(3)4)101(97-39-17-35-83)100-61-42-64(98-62(61)44-96-79(52-23-8-7-9-24-52,53-27-31-55(94-5)32-28-53)54-29-33-56(95-6)34-30-54)87-43-51(76(90)85-78(87)93)22-15-36-84-63(89)45-102-75-70(81)67(68(77(91)92)69(80)71(75)82)66-59-40-49-19-11-10-18-48-21-14-25-57(65(48)49)73(59)99-74-58-26-16-38-86-37-13-12-20-50(72(58)86)41-60(66)74/h7-9,15,22-24,27-34,40-41,43,46-48,61-62,64H,10-14,16-21,25-26,36-39,42,44-45H2,1-6H3,(H2-,84,85,89,90,91,92,93)/p+1. The molecule has 5 unspecified atom stereocenters. The fourth-order valence-electron chi connectivity index (χ4n) is 15.9. The minimum absolute atomic E-state index is 0.0347. The number of ether oxygens (including phenoxy) is 5. The van der Waals surface area contributed by atoms with Crippen LogP contribution < -0.4 is 45.9 Å². The average molecular weight is 1480 g/mol. The van der Waals surface area contributed by atoms with Crippen LogP contribution in [0.1, 0.15) is 176 Å². The predicted octanol–water partition coefficient (Wildman–Crippen LogP) is 14.4. The number of aromatic nitrogens is 2. The summed E-state index contributed by atoms with van der Waals surface area (Å²) >= 11 is 23.1. The molecule has 13 rings (SSSR count). The van der Waals surface area contributed by atoms with Crippen molar-refractivity contribution in [2.45, 2.75) is 165 Å². The summed E-state index contributed by atoms with van der Waals surface area (Å²) in [5, 5.41) is 25.6. The number of rotatable bonds is 25. The number of nitriles is 1. The number of carboxylic acids is 1. The number of nitrogens with zero attached hydrogens (tertiary/aromatic N) is 4. The van der Waals surface area contributed by atoms with Crippen molar-refractivity contribution in [3.05, 3.63) is 217 Å². The molecule has 5 atom stereocenters. The number of nitrogens with one attached hydrogen (secondary N) is 2. The maximum absolute atomic E-state index is 14.1. The summed E-state index contributed by atoms with van der Waals surface area (Å²) in [5.41, 5.74) is 7.44. The lowest BCUT2D eigenvalue weighted by atomic mass is 9.75. The van der Waals surface area contributed by atoms with E-state index in [4.69, 9.17) is 67.5 Å². The van der Waals surface area contributed by atoms with Crippen molar-refractivity contribution in [2.24, 2.45) is 0 Å². The van der Waals surface area contributed by atoms with E-state index in [9.17, 15) is 29.5 Å². The maximum atomic E-state index is 14.1. The highest BCUT2D eigenvalue weighted by molar-refractivity contribution is 8.00. The van der Waals surface area contributed by atoms with Crippen LogP contribution in [0.25, 0.3) is 11.6 Å². The number of fused-ring (bicyclic) bond motifs is 4. The molecule has 6 aromatic carbocycles. The monoisotopic (exact) mass is 1480 g/mol. The van der Waals surface area contributed by atoms with Gasteiger partial charge < -0.3 is 43.2 Å². The number of aromatic carboxylic acids is 1. The Morgan fingerprint density at radius 1 is 0.843 bits per heavy atom. The largest absolute Gasteiger partial charge is 0.497 e. The Morgan fingerprint density at radius 2 is 1.52 bits per heavy atom. The molecule has 102 heavy (non-hydrogen) atoms. The number of carbonyl (C=O) groups excluding carboxylic acids is 1. The van der Waals surface area contributed by atoms with E-state index in [-0.39, 0.29) is 87.1 Å². The van der Waals surface area contributed by atoms with E-state index in [2.05, 4.69) is 37.7 Å². The molecule has 3 N–H and O–H groups in total. The lowest BCUT2D eigenvalue weighted by molar-refractivity contribution is -0.118. The molecule has 0 bridgehead atoms. The summed E-state index contributed by atoms with van der Waals surface area (Å²) in [7, 11) is 1.39. The van der Waals surface area contributed by atoms with E-state index in [1.807, 2.05) is 107 Å². The second-order valence-corrected chi connectivity index (χ2v) is 30.9. The van der Waals surface area contributed by atoms with Crippen molar-refractivity contribution in [1.82, 2.24) is 24.1 Å². The minimum Gasteiger partial charge on any atom is -0.497 e. The smallest absolute Gasteiger partial charge is 0.337 e. The van der Waals surface area contributed by atoms with Crippen molar-refractivity contribution >= 4 is 78.6 Å². The highest BCUT2D eigenvalue weighted by Gasteiger charge is 2.46. The number of aryl methyl sites for hydroxylation is 2. The molecule has 4 aliphatic heterocycles. The van der Waals surface area contributed by atoms with Gasteiger partial charge in [0, 0.05) is 76.5 Å². The molecule has 23 heteroatoms. The molecule has 0 saturated carbocycles. The van der Waals surface area contributed by atoms with Crippen LogP contribution in [0.2, 0.25) is 15.1 Å². The summed E-state index contributed by atoms with van der Waals surface area (Å²) in [6.07, 6.45) is 14.0. The van der Waals surface area contributed by atoms with E-state index in [1.165, 1.54) is 44.5 Å². The van der Waals surface area contributed by atoms with Crippen molar-refractivity contribution in [2.75, 3.05) is 52.8 Å². The summed E-state index contributed by atoms with van der Waals surface area (Å²) in [5.74, 6) is 1.31. The van der Waals surface area contributed by atoms with Crippen molar-refractivity contribution in [3.8, 4) is 29.1 Å². The van der Waals surface area contributed by atoms with Gasteiger partial charge in [-0.05, 0) is 161 Å². The molecule has 2 aliphatic carbocycles. The third kappa shape index (κ3) is 14.5. The van der Waals surface area contributed by atoms with Crippen molar-refractivity contribution < 1.29 is 47.4 Å². The quantitative estimate of drug-likeness (QED) is 0.0121. The molecule has 18 nitrogen and oxygen atoms in total.